The van der Waals surface area contributed by atoms with Crippen molar-refractivity contribution in [2.75, 3.05) is 31.1 Å². The molecule has 0 spiro atoms. The van der Waals surface area contributed by atoms with Gasteiger partial charge in [-0.15, -0.1) is 0 Å². The van der Waals surface area contributed by atoms with Crippen LogP contribution in [0, 0.1) is 0 Å². The standard InChI is InChI=1S/C15H23N3O/c1-12(19)13-5-6-16-15(10-13)18-9-8-17-7-3-2-4-14(17)11-18/h5-6,10,12,14,19H,2-4,7-9,11H2,1H3. The van der Waals surface area contributed by atoms with E-state index in [1.165, 1.54) is 25.8 Å². The summed E-state index contributed by atoms with van der Waals surface area (Å²) >= 11 is 0. The van der Waals surface area contributed by atoms with E-state index in [0.717, 1.165) is 31.0 Å². The molecule has 1 aromatic heterocycles. The number of rotatable bonds is 2. The summed E-state index contributed by atoms with van der Waals surface area (Å²) in [6.45, 7) is 6.34. The van der Waals surface area contributed by atoms with Gasteiger partial charge in [0.25, 0.3) is 0 Å². The molecule has 2 aliphatic rings. The SMILES string of the molecule is CC(O)c1ccnc(N2CCN3CCCCC3C2)c1. The minimum Gasteiger partial charge on any atom is -0.389 e. The fourth-order valence-electron chi connectivity index (χ4n) is 3.23. The number of aromatic nitrogens is 1. The van der Waals surface area contributed by atoms with Crippen LogP contribution in [0.25, 0.3) is 0 Å². The molecule has 0 radical (unpaired) electrons. The fourth-order valence-corrected chi connectivity index (χ4v) is 3.23. The molecule has 3 heterocycles. The summed E-state index contributed by atoms with van der Waals surface area (Å²) in [5.41, 5.74) is 0.955. The van der Waals surface area contributed by atoms with E-state index < -0.39 is 6.10 Å². The second kappa shape index (κ2) is 5.47. The highest BCUT2D eigenvalue weighted by Gasteiger charge is 2.29. The molecule has 1 aromatic rings. The normalized spacial score (nSPS) is 26.0. The first-order valence-electron chi connectivity index (χ1n) is 7.37. The van der Waals surface area contributed by atoms with E-state index in [-0.39, 0.29) is 0 Å². The first-order valence-corrected chi connectivity index (χ1v) is 7.37. The van der Waals surface area contributed by atoms with Crippen molar-refractivity contribution >= 4 is 5.82 Å². The van der Waals surface area contributed by atoms with Crippen LogP contribution in [-0.2, 0) is 0 Å². The van der Waals surface area contributed by atoms with Crippen molar-refractivity contribution in [1.82, 2.24) is 9.88 Å². The Morgan fingerprint density at radius 1 is 1.32 bits per heavy atom. The average Bonchev–Trinajstić information content (AvgIpc) is 2.47. The Bertz CT molecular complexity index is 435. The van der Waals surface area contributed by atoms with E-state index in [9.17, 15) is 5.11 Å². The van der Waals surface area contributed by atoms with Gasteiger partial charge in [0.15, 0.2) is 0 Å². The molecule has 0 saturated carbocycles. The van der Waals surface area contributed by atoms with E-state index in [2.05, 4.69) is 14.8 Å². The summed E-state index contributed by atoms with van der Waals surface area (Å²) < 4.78 is 0. The zero-order chi connectivity index (χ0) is 13.2. The molecule has 0 aromatic carbocycles. The van der Waals surface area contributed by atoms with Crippen LogP contribution in [-0.4, -0.2) is 47.2 Å². The molecule has 19 heavy (non-hydrogen) atoms. The second-order valence-corrected chi connectivity index (χ2v) is 5.75. The van der Waals surface area contributed by atoms with Crippen molar-refractivity contribution in [3.05, 3.63) is 23.9 Å². The molecule has 0 bridgehead atoms. The van der Waals surface area contributed by atoms with Crippen molar-refractivity contribution in [3.8, 4) is 0 Å². The van der Waals surface area contributed by atoms with Crippen LogP contribution >= 0.6 is 0 Å². The first-order chi connectivity index (χ1) is 9.24. The minimum absolute atomic E-state index is 0.419. The predicted octanol–water partition coefficient (Wildman–Crippen LogP) is 1.81. The van der Waals surface area contributed by atoms with Gasteiger partial charge in [-0.05, 0) is 44.0 Å². The largest absolute Gasteiger partial charge is 0.389 e. The molecule has 0 aliphatic carbocycles. The summed E-state index contributed by atoms with van der Waals surface area (Å²) in [4.78, 5) is 9.48. The Labute approximate surface area is 115 Å². The van der Waals surface area contributed by atoms with Gasteiger partial charge in [-0.1, -0.05) is 6.42 Å². The Hall–Kier alpha value is -1.13. The van der Waals surface area contributed by atoms with Gasteiger partial charge in [0.2, 0.25) is 0 Å². The maximum absolute atomic E-state index is 9.68. The van der Waals surface area contributed by atoms with Gasteiger partial charge in [0, 0.05) is 31.9 Å². The van der Waals surface area contributed by atoms with E-state index in [1.807, 2.05) is 18.3 Å². The van der Waals surface area contributed by atoms with E-state index >= 15 is 0 Å². The molecule has 4 nitrogen and oxygen atoms in total. The lowest BCUT2D eigenvalue weighted by Gasteiger charge is -2.44. The van der Waals surface area contributed by atoms with Crippen molar-refractivity contribution in [3.63, 3.8) is 0 Å². The molecule has 2 aliphatic heterocycles. The maximum Gasteiger partial charge on any atom is 0.128 e. The summed E-state index contributed by atoms with van der Waals surface area (Å²) in [5.74, 6) is 1.02. The Morgan fingerprint density at radius 3 is 3.05 bits per heavy atom. The van der Waals surface area contributed by atoms with E-state index in [0.29, 0.717) is 6.04 Å². The lowest BCUT2D eigenvalue weighted by molar-refractivity contribution is 0.133. The van der Waals surface area contributed by atoms with Crippen LogP contribution < -0.4 is 4.90 Å². The van der Waals surface area contributed by atoms with Crippen LogP contribution in [0.2, 0.25) is 0 Å². The molecule has 0 amide bonds. The number of hydrogen-bond donors (Lipinski definition) is 1. The third-order valence-corrected chi connectivity index (χ3v) is 4.41. The van der Waals surface area contributed by atoms with Crippen molar-refractivity contribution in [2.24, 2.45) is 0 Å². The summed E-state index contributed by atoms with van der Waals surface area (Å²) in [5, 5.41) is 9.68. The zero-order valence-electron chi connectivity index (χ0n) is 11.6. The minimum atomic E-state index is -0.419. The molecule has 2 fully saturated rings. The molecule has 4 heteroatoms. The molecule has 2 unspecified atom stereocenters. The number of pyridine rings is 1. The number of anilines is 1. The van der Waals surface area contributed by atoms with Gasteiger partial charge in [-0.3, -0.25) is 4.90 Å². The molecular weight excluding hydrogens is 238 g/mol. The monoisotopic (exact) mass is 261 g/mol. The van der Waals surface area contributed by atoms with Crippen LogP contribution in [0.4, 0.5) is 5.82 Å². The highest BCUT2D eigenvalue weighted by atomic mass is 16.3. The zero-order valence-corrected chi connectivity index (χ0v) is 11.6. The van der Waals surface area contributed by atoms with E-state index in [1.54, 1.807) is 6.92 Å². The number of aliphatic hydroxyl groups is 1. The number of fused-ring (bicyclic) bond motifs is 1. The van der Waals surface area contributed by atoms with Crippen LogP contribution in [0.5, 0.6) is 0 Å². The highest BCUT2D eigenvalue weighted by Crippen LogP contribution is 2.25. The third-order valence-electron chi connectivity index (χ3n) is 4.41. The van der Waals surface area contributed by atoms with Gasteiger partial charge >= 0.3 is 0 Å². The maximum atomic E-state index is 9.68. The van der Waals surface area contributed by atoms with Crippen molar-refractivity contribution in [1.29, 1.82) is 0 Å². The van der Waals surface area contributed by atoms with Gasteiger partial charge in [0.1, 0.15) is 5.82 Å². The molecule has 1 N–H and O–H groups in total. The Kier molecular flexibility index (Phi) is 3.71. The smallest absolute Gasteiger partial charge is 0.128 e. The predicted molar refractivity (Wildman–Crippen MR) is 76.3 cm³/mol. The number of nitrogens with zero attached hydrogens (tertiary/aromatic N) is 3. The van der Waals surface area contributed by atoms with E-state index in [4.69, 9.17) is 0 Å². The van der Waals surface area contributed by atoms with Gasteiger partial charge in [-0.25, -0.2) is 4.98 Å². The lowest BCUT2D eigenvalue weighted by atomic mass is 9.99. The lowest BCUT2D eigenvalue weighted by Crippen LogP contribution is -2.55. The Balaban J connectivity index is 1.74. The number of hydrogen-bond acceptors (Lipinski definition) is 4. The van der Waals surface area contributed by atoms with Gasteiger partial charge in [-0.2, -0.15) is 0 Å². The third kappa shape index (κ3) is 2.74. The van der Waals surface area contributed by atoms with Gasteiger partial charge < -0.3 is 10.0 Å². The summed E-state index contributed by atoms with van der Waals surface area (Å²) in [6, 6.07) is 4.62. The number of piperidine rings is 1. The molecule has 3 rings (SSSR count). The van der Waals surface area contributed by atoms with Crippen LogP contribution in [0.3, 0.4) is 0 Å². The van der Waals surface area contributed by atoms with Crippen molar-refractivity contribution in [2.45, 2.75) is 38.3 Å². The van der Waals surface area contributed by atoms with Crippen LogP contribution in [0.15, 0.2) is 18.3 Å². The number of piperazine rings is 1. The summed E-state index contributed by atoms with van der Waals surface area (Å²) in [7, 11) is 0. The molecule has 2 saturated heterocycles. The molecule has 104 valence electrons. The Morgan fingerprint density at radius 2 is 2.21 bits per heavy atom. The molecule has 2 atom stereocenters. The van der Waals surface area contributed by atoms with Crippen molar-refractivity contribution < 1.29 is 5.11 Å². The molecular formula is C15H23N3O. The first kappa shape index (κ1) is 12.9. The number of aliphatic hydroxyl groups excluding tert-OH is 1. The average molecular weight is 261 g/mol. The van der Waals surface area contributed by atoms with Crippen LogP contribution in [0.1, 0.15) is 37.9 Å². The second-order valence-electron chi connectivity index (χ2n) is 5.75. The highest BCUT2D eigenvalue weighted by molar-refractivity contribution is 5.42. The fraction of sp³-hybridized carbons (Fsp3) is 0.667. The quantitative estimate of drug-likeness (QED) is 0.881. The summed E-state index contributed by atoms with van der Waals surface area (Å²) in [6.07, 6.45) is 5.41. The van der Waals surface area contributed by atoms with Gasteiger partial charge in [0.05, 0.1) is 6.10 Å². The topological polar surface area (TPSA) is 39.6 Å².